The summed E-state index contributed by atoms with van der Waals surface area (Å²) in [7, 11) is 1.38. The van der Waals surface area contributed by atoms with Gasteiger partial charge in [0.2, 0.25) is 0 Å². The number of hydrogen-bond donors (Lipinski definition) is 3. The van der Waals surface area contributed by atoms with Crippen molar-refractivity contribution in [3.8, 4) is 0 Å². The molecule has 1 heterocycles. The predicted octanol–water partition coefficient (Wildman–Crippen LogP) is 3.71. The summed E-state index contributed by atoms with van der Waals surface area (Å²) in [5.74, 6) is -0.906. The van der Waals surface area contributed by atoms with Gasteiger partial charge in [0.15, 0.2) is 5.11 Å². The van der Waals surface area contributed by atoms with Crippen LogP contribution in [-0.4, -0.2) is 24.1 Å². The molecule has 6 nitrogen and oxygen atoms in total. The van der Waals surface area contributed by atoms with Gasteiger partial charge in [0, 0.05) is 4.88 Å². The third-order valence-corrected chi connectivity index (χ3v) is 5.89. The van der Waals surface area contributed by atoms with Crippen molar-refractivity contribution in [1.29, 1.82) is 0 Å². The number of ether oxygens (including phenoxy) is 1. The highest BCUT2D eigenvalue weighted by molar-refractivity contribution is 7.80. The number of benzene rings is 1. The first-order chi connectivity index (χ1) is 13.0. The van der Waals surface area contributed by atoms with E-state index in [0.29, 0.717) is 21.8 Å². The lowest BCUT2D eigenvalue weighted by Gasteiger charge is -2.13. The molecule has 0 aliphatic heterocycles. The molecule has 1 amide bonds. The smallest absolute Gasteiger partial charge is 0.341 e. The first kappa shape index (κ1) is 19.3. The number of methoxy groups -OCH3 is 1. The van der Waals surface area contributed by atoms with Crippen molar-refractivity contribution in [3.05, 3.63) is 45.8 Å². The molecular formula is C19H21N3O3S2. The van der Waals surface area contributed by atoms with Crippen molar-refractivity contribution in [2.24, 2.45) is 5.73 Å². The summed E-state index contributed by atoms with van der Waals surface area (Å²) in [4.78, 5) is 25.2. The van der Waals surface area contributed by atoms with Crippen LogP contribution in [0.3, 0.4) is 0 Å². The lowest BCUT2D eigenvalue weighted by molar-refractivity contribution is 0.0601. The van der Waals surface area contributed by atoms with Crippen molar-refractivity contribution in [2.45, 2.75) is 32.1 Å². The highest BCUT2D eigenvalue weighted by atomic mass is 32.1. The Labute approximate surface area is 167 Å². The summed E-state index contributed by atoms with van der Waals surface area (Å²) in [6, 6.07) is 6.86. The number of aryl methyl sites for hydroxylation is 1. The van der Waals surface area contributed by atoms with Gasteiger partial charge in [-0.25, -0.2) is 4.79 Å². The number of hydrogen-bond acceptors (Lipinski definition) is 5. The maximum Gasteiger partial charge on any atom is 0.341 e. The summed E-state index contributed by atoms with van der Waals surface area (Å²) < 4.78 is 5.00. The van der Waals surface area contributed by atoms with Crippen LogP contribution in [-0.2, 0) is 17.6 Å². The van der Waals surface area contributed by atoms with Crippen LogP contribution in [0.4, 0.5) is 10.7 Å². The van der Waals surface area contributed by atoms with E-state index in [0.717, 1.165) is 37.7 Å². The van der Waals surface area contributed by atoms with Crippen molar-refractivity contribution < 1.29 is 14.3 Å². The number of nitrogens with one attached hydrogen (secondary N) is 2. The molecule has 0 fully saturated rings. The number of thiophene rings is 1. The van der Waals surface area contributed by atoms with Gasteiger partial charge in [-0.3, -0.25) is 4.79 Å². The van der Waals surface area contributed by atoms with Crippen molar-refractivity contribution in [2.75, 3.05) is 17.7 Å². The number of anilines is 2. The Kier molecular flexibility index (Phi) is 6.08. The molecule has 0 saturated carbocycles. The minimum absolute atomic E-state index is 0.283. The van der Waals surface area contributed by atoms with Gasteiger partial charge in [-0.1, -0.05) is 18.6 Å². The second kappa shape index (κ2) is 8.49. The fourth-order valence-electron chi connectivity index (χ4n) is 3.21. The molecular weight excluding hydrogens is 382 g/mol. The zero-order valence-electron chi connectivity index (χ0n) is 15.0. The van der Waals surface area contributed by atoms with E-state index >= 15 is 0 Å². The Balaban J connectivity index is 1.86. The first-order valence-corrected chi connectivity index (χ1v) is 9.93. The molecule has 4 N–H and O–H groups in total. The number of esters is 1. The lowest BCUT2D eigenvalue weighted by atomic mass is 10.1. The summed E-state index contributed by atoms with van der Waals surface area (Å²) in [6.45, 7) is 0. The molecule has 1 aliphatic carbocycles. The minimum atomic E-state index is -0.543. The molecule has 0 spiro atoms. The van der Waals surface area contributed by atoms with Crippen LogP contribution in [0.15, 0.2) is 24.3 Å². The Bertz CT molecular complexity index is 892. The van der Waals surface area contributed by atoms with E-state index in [2.05, 4.69) is 10.6 Å². The number of amides is 1. The topological polar surface area (TPSA) is 93.4 Å². The second-order valence-electron chi connectivity index (χ2n) is 6.25. The average molecular weight is 404 g/mol. The van der Waals surface area contributed by atoms with E-state index in [1.165, 1.54) is 23.3 Å². The van der Waals surface area contributed by atoms with Crippen LogP contribution in [0.25, 0.3) is 0 Å². The highest BCUT2D eigenvalue weighted by Crippen LogP contribution is 2.38. The maximum absolute atomic E-state index is 12.4. The fraction of sp³-hybridized carbons (Fsp3) is 0.316. The van der Waals surface area contributed by atoms with Gasteiger partial charge >= 0.3 is 5.97 Å². The second-order valence-corrected chi connectivity index (χ2v) is 7.76. The van der Waals surface area contributed by atoms with Crippen molar-refractivity contribution in [3.63, 3.8) is 0 Å². The number of carbonyl (C=O) groups is 2. The number of thiocarbonyl (C=S) groups is 1. The number of para-hydroxylation sites is 1. The van der Waals surface area contributed by atoms with Gasteiger partial charge < -0.3 is 21.1 Å². The standard InChI is InChI=1S/C19H21N3O3S2/c1-25-18(24)15-12-8-3-2-4-10-14(12)27-17(15)22-19(26)21-13-9-6-5-7-11(13)16(20)23/h5-7,9H,2-4,8,10H2,1H3,(H2,20,23)(H2,21,22,26). The molecule has 1 aromatic carbocycles. The maximum atomic E-state index is 12.4. The van der Waals surface area contributed by atoms with Gasteiger partial charge in [-0.15, -0.1) is 11.3 Å². The van der Waals surface area contributed by atoms with Crippen LogP contribution in [0.2, 0.25) is 0 Å². The summed E-state index contributed by atoms with van der Waals surface area (Å²) in [5, 5.41) is 7.05. The molecule has 8 heteroatoms. The Hall–Kier alpha value is -2.45. The van der Waals surface area contributed by atoms with E-state index in [-0.39, 0.29) is 11.1 Å². The molecule has 1 aromatic heterocycles. The Morgan fingerprint density at radius 1 is 1.15 bits per heavy atom. The van der Waals surface area contributed by atoms with Crippen molar-refractivity contribution in [1.82, 2.24) is 0 Å². The monoisotopic (exact) mass is 403 g/mol. The van der Waals surface area contributed by atoms with Gasteiger partial charge in [0.1, 0.15) is 5.00 Å². The number of primary amides is 1. The van der Waals surface area contributed by atoms with Crippen LogP contribution in [0.5, 0.6) is 0 Å². The van der Waals surface area contributed by atoms with E-state index < -0.39 is 5.91 Å². The normalized spacial score (nSPS) is 13.2. The number of fused-ring (bicyclic) bond motifs is 1. The van der Waals surface area contributed by atoms with E-state index in [1.807, 2.05) is 0 Å². The van der Waals surface area contributed by atoms with E-state index in [4.69, 9.17) is 22.7 Å². The molecule has 2 aromatic rings. The molecule has 0 radical (unpaired) electrons. The third kappa shape index (κ3) is 4.28. The zero-order valence-corrected chi connectivity index (χ0v) is 16.6. The third-order valence-electron chi connectivity index (χ3n) is 4.48. The van der Waals surface area contributed by atoms with Gasteiger partial charge in [0.05, 0.1) is 23.9 Å². The summed E-state index contributed by atoms with van der Waals surface area (Å²) in [6.07, 6.45) is 5.15. The average Bonchev–Trinajstić information content (AvgIpc) is 2.82. The fourth-order valence-corrected chi connectivity index (χ4v) is 4.77. The summed E-state index contributed by atoms with van der Waals surface area (Å²) >= 11 is 6.93. The lowest BCUT2D eigenvalue weighted by Crippen LogP contribution is -2.23. The van der Waals surface area contributed by atoms with E-state index in [9.17, 15) is 9.59 Å². The summed E-state index contributed by atoms with van der Waals surface area (Å²) in [5.41, 5.74) is 7.89. The van der Waals surface area contributed by atoms with Crippen LogP contribution in [0.1, 0.15) is 50.4 Å². The van der Waals surface area contributed by atoms with Gasteiger partial charge in [-0.05, 0) is 55.6 Å². The highest BCUT2D eigenvalue weighted by Gasteiger charge is 2.25. The minimum Gasteiger partial charge on any atom is -0.465 e. The van der Waals surface area contributed by atoms with Crippen molar-refractivity contribution >= 4 is 51.2 Å². The molecule has 142 valence electrons. The quantitative estimate of drug-likeness (QED) is 0.409. The molecule has 0 saturated heterocycles. The Morgan fingerprint density at radius 2 is 1.89 bits per heavy atom. The molecule has 0 atom stereocenters. The molecule has 27 heavy (non-hydrogen) atoms. The predicted molar refractivity (Wildman–Crippen MR) is 112 cm³/mol. The van der Waals surface area contributed by atoms with Gasteiger partial charge in [-0.2, -0.15) is 0 Å². The molecule has 0 bridgehead atoms. The molecule has 0 unspecified atom stereocenters. The SMILES string of the molecule is COC(=O)c1c(NC(=S)Nc2ccccc2C(N)=O)sc2c1CCCCC2. The Morgan fingerprint density at radius 3 is 2.63 bits per heavy atom. The van der Waals surface area contributed by atoms with Crippen LogP contribution in [0, 0.1) is 0 Å². The number of rotatable bonds is 4. The van der Waals surface area contributed by atoms with Gasteiger partial charge in [0.25, 0.3) is 5.91 Å². The van der Waals surface area contributed by atoms with E-state index in [1.54, 1.807) is 24.3 Å². The first-order valence-electron chi connectivity index (χ1n) is 8.71. The zero-order chi connectivity index (χ0) is 19.4. The molecule has 3 rings (SSSR count). The van der Waals surface area contributed by atoms with Crippen LogP contribution < -0.4 is 16.4 Å². The molecule has 1 aliphatic rings. The van der Waals surface area contributed by atoms with Crippen LogP contribution >= 0.6 is 23.6 Å². The number of nitrogens with two attached hydrogens (primary N) is 1. The largest absolute Gasteiger partial charge is 0.465 e. The number of carbonyl (C=O) groups excluding carboxylic acids is 2.